The Morgan fingerprint density at radius 1 is 1.14 bits per heavy atom. The minimum atomic E-state index is 0.501. The van der Waals surface area contributed by atoms with E-state index >= 15 is 0 Å². The topological polar surface area (TPSA) is 57.7 Å². The Morgan fingerprint density at radius 2 is 1.91 bits per heavy atom. The Balaban J connectivity index is 1.56. The molecule has 4 rings (SSSR count). The third kappa shape index (κ3) is 2.16. The molecule has 112 valence electrons. The van der Waals surface area contributed by atoms with Crippen molar-refractivity contribution in [3.05, 3.63) is 41.9 Å². The number of aryl methyl sites for hydroxylation is 1. The van der Waals surface area contributed by atoms with Crippen molar-refractivity contribution >= 4 is 5.82 Å². The number of pyridine rings is 1. The fourth-order valence-corrected chi connectivity index (χ4v) is 3.98. The van der Waals surface area contributed by atoms with Gasteiger partial charge in [0.15, 0.2) is 0 Å². The highest BCUT2D eigenvalue weighted by Crippen LogP contribution is 2.42. The number of nitrogens with zero attached hydrogens (tertiary/aromatic N) is 5. The highest BCUT2D eigenvalue weighted by atomic mass is 15.3. The molecular weight excluding hydrogens is 274 g/mol. The number of nitriles is 1. The van der Waals surface area contributed by atoms with Gasteiger partial charge in [0.1, 0.15) is 11.9 Å². The molecule has 0 aliphatic carbocycles. The quantitative estimate of drug-likeness (QED) is 0.854. The molecule has 0 aromatic carbocycles. The van der Waals surface area contributed by atoms with E-state index in [4.69, 9.17) is 5.26 Å². The second-order valence-electron chi connectivity index (χ2n) is 6.43. The van der Waals surface area contributed by atoms with Crippen LogP contribution in [0.3, 0.4) is 0 Å². The minimum absolute atomic E-state index is 0.501. The molecule has 0 spiro atoms. The van der Waals surface area contributed by atoms with Crippen LogP contribution in [0, 0.1) is 18.3 Å². The van der Waals surface area contributed by atoms with Gasteiger partial charge in [-0.25, -0.2) is 4.98 Å². The molecule has 2 aromatic rings. The summed E-state index contributed by atoms with van der Waals surface area (Å²) >= 11 is 0. The summed E-state index contributed by atoms with van der Waals surface area (Å²) < 4.78 is 2.14. The van der Waals surface area contributed by atoms with Crippen molar-refractivity contribution in [3.8, 4) is 6.07 Å². The summed E-state index contributed by atoms with van der Waals surface area (Å²) in [7, 11) is 0. The van der Waals surface area contributed by atoms with Gasteiger partial charge in [-0.05, 0) is 50.3 Å². The van der Waals surface area contributed by atoms with Crippen LogP contribution < -0.4 is 4.90 Å². The third-order valence-electron chi connectivity index (χ3n) is 4.95. The molecule has 5 nitrogen and oxygen atoms in total. The maximum atomic E-state index is 8.90. The number of anilines is 1. The number of fused-ring (bicyclic) bond motifs is 2. The molecule has 2 aromatic heterocycles. The summed E-state index contributed by atoms with van der Waals surface area (Å²) in [4.78, 5) is 6.96. The molecule has 0 amide bonds. The zero-order valence-electron chi connectivity index (χ0n) is 12.7. The highest BCUT2D eigenvalue weighted by Gasteiger charge is 2.42. The van der Waals surface area contributed by atoms with E-state index in [1.807, 2.05) is 18.3 Å². The predicted octanol–water partition coefficient (Wildman–Crippen LogP) is 2.83. The summed E-state index contributed by atoms with van der Waals surface area (Å²) in [6.07, 6.45) is 10.5. The van der Waals surface area contributed by atoms with Crippen LogP contribution in [0.2, 0.25) is 0 Å². The molecule has 2 atom stereocenters. The van der Waals surface area contributed by atoms with E-state index in [0.717, 1.165) is 18.7 Å². The lowest BCUT2D eigenvalue weighted by Crippen LogP contribution is -2.44. The number of hydrogen-bond acceptors (Lipinski definition) is 4. The molecule has 2 aliphatic rings. The first kappa shape index (κ1) is 13.3. The molecule has 2 fully saturated rings. The van der Waals surface area contributed by atoms with Crippen molar-refractivity contribution in [2.75, 3.05) is 4.90 Å². The number of hydrogen-bond donors (Lipinski definition) is 0. The largest absolute Gasteiger partial charge is 0.350 e. The van der Waals surface area contributed by atoms with Gasteiger partial charge in [0, 0.05) is 24.5 Å². The van der Waals surface area contributed by atoms with Crippen LogP contribution in [-0.2, 0) is 0 Å². The summed E-state index contributed by atoms with van der Waals surface area (Å²) in [5, 5.41) is 13.4. The minimum Gasteiger partial charge on any atom is -0.350 e. The second-order valence-corrected chi connectivity index (χ2v) is 6.43. The summed E-state index contributed by atoms with van der Waals surface area (Å²) in [5.74, 6) is 1.02. The molecule has 22 heavy (non-hydrogen) atoms. The van der Waals surface area contributed by atoms with Gasteiger partial charge in [-0.3, -0.25) is 4.68 Å². The Labute approximate surface area is 130 Å². The molecule has 0 N–H and O–H groups in total. The number of rotatable bonds is 2. The molecule has 0 radical (unpaired) electrons. The van der Waals surface area contributed by atoms with Gasteiger partial charge in [0.25, 0.3) is 0 Å². The lowest BCUT2D eigenvalue weighted by molar-refractivity contribution is 0.313. The highest BCUT2D eigenvalue weighted by molar-refractivity contribution is 5.46. The summed E-state index contributed by atoms with van der Waals surface area (Å²) in [6, 6.07) is 7.56. The van der Waals surface area contributed by atoms with Crippen LogP contribution in [0.15, 0.2) is 30.7 Å². The smallest absolute Gasteiger partial charge is 0.129 e. The van der Waals surface area contributed by atoms with Gasteiger partial charge >= 0.3 is 0 Å². The van der Waals surface area contributed by atoms with Gasteiger partial charge in [0.05, 0.1) is 17.8 Å². The Bertz CT molecular complexity index is 697. The number of piperidine rings is 1. The average molecular weight is 293 g/mol. The third-order valence-corrected chi connectivity index (χ3v) is 4.95. The second kappa shape index (κ2) is 5.13. The molecule has 2 saturated heterocycles. The van der Waals surface area contributed by atoms with E-state index in [1.165, 1.54) is 18.4 Å². The van der Waals surface area contributed by atoms with Gasteiger partial charge < -0.3 is 4.90 Å². The molecule has 2 bridgehead atoms. The molecule has 5 heteroatoms. The van der Waals surface area contributed by atoms with Crippen molar-refractivity contribution in [1.82, 2.24) is 14.8 Å². The summed E-state index contributed by atoms with van der Waals surface area (Å²) in [6.45, 7) is 2.09. The Morgan fingerprint density at radius 3 is 2.45 bits per heavy atom. The Hall–Kier alpha value is -2.35. The average Bonchev–Trinajstić information content (AvgIpc) is 3.09. The van der Waals surface area contributed by atoms with E-state index in [9.17, 15) is 0 Å². The van der Waals surface area contributed by atoms with Gasteiger partial charge in [-0.1, -0.05) is 0 Å². The zero-order chi connectivity index (χ0) is 15.1. The first-order chi connectivity index (χ1) is 10.7. The maximum absolute atomic E-state index is 8.90. The van der Waals surface area contributed by atoms with Crippen molar-refractivity contribution in [3.63, 3.8) is 0 Å². The van der Waals surface area contributed by atoms with E-state index < -0.39 is 0 Å². The van der Waals surface area contributed by atoms with Gasteiger partial charge in [0.2, 0.25) is 0 Å². The number of aromatic nitrogens is 3. The molecule has 0 saturated carbocycles. The van der Waals surface area contributed by atoms with Crippen molar-refractivity contribution in [2.45, 2.75) is 50.7 Å². The Kier molecular flexibility index (Phi) is 3.11. The van der Waals surface area contributed by atoms with Crippen LogP contribution in [-0.4, -0.2) is 26.8 Å². The van der Waals surface area contributed by atoms with Crippen LogP contribution in [0.4, 0.5) is 5.82 Å². The van der Waals surface area contributed by atoms with Crippen molar-refractivity contribution in [1.29, 1.82) is 5.26 Å². The first-order valence-corrected chi connectivity index (χ1v) is 7.90. The lowest BCUT2D eigenvalue weighted by Gasteiger charge is -2.39. The first-order valence-electron chi connectivity index (χ1n) is 7.90. The van der Waals surface area contributed by atoms with Crippen molar-refractivity contribution < 1.29 is 0 Å². The maximum Gasteiger partial charge on any atom is 0.129 e. The predicted molar refractivity (Wildman–Crippen MR) is 83.5 cm³/mol. The van der Waals surface area contributed by atoms with E-state index in [2.05, 4.69) is 38.9 Å². The fraction of sp³-hybridized carbons (Fsp3) is 0.471. The molecule has 2 unspecified atom stereocenters. The zero-order valence-corrected chi connectivity index (χ0v) is 12.7. The van der Waals surface area contributed by atoms with Gasteiger partial charge in [-0.2, -0.15) is 10.4 Å². The van der Waals surface area contributed by atoms with E-state index in [0.29, 0.717) is 23.7 Å². The van der Waals surface area contributed by atoms with Crippen molar-refractivity contribution in [2.24, 2.45) is 0 Å². The molecule has 4 heterocycles. The fourth-order valence-electron chi connectivity index (χ4n) is 3.98. The SMILES string of the molecule is Cc1cnn(C2CC3CCC(C2)N3c2ccc(C#N)cn2)c1. The van der Waals surface area contributed by atoms with E-state index in [1.54, 1.807) is 6.20 Å². The lowest BCUT2D eigenvalue weighted by atomic mass is 9.97. The van der Waals surface area contributed by atoms with E-state index in [-0.39, 0.29) is 0 Å². The van der Waals surface area contributed by atoms with Crippen LogP contribution >= 0.6 is 0 Å². The monoisotopic (exact) mass is 293 g/mol. The van der Waals surface area contributed by atoms with Gasteiger partial charge in [-0.15, -0.1) is 0 Å². The summed E-state index contributed by atoms with van der Waals surface area (Å²) in [5.41, 5.74) is 1.85. The van der Waals surface area contributed by atoms with Crippen LogP contribution in [0.25, 0.3) is 0 Å². The molecule has 2 aliphatic heterocycles. The van der Waals surface area contributed by atoms with Crippen LogP contribution in [0.5, 0.6) is 0 Å². The standard InChI is InChI=1S/C17H19N5/c1-12-9-20-21(11-12)16-6-14-3-4-15(7-16)22(14)17-5-2-13(8-18)10-19-17/h2,5,9-11,14-16H,3-4,6-7H2,1H3. The molecular formula is C17H19N5. The normalized spacial score (nSPS) is 26.9. The van der Waals surface area contributed by atoms with Crippen LogP contribution in [0.1, 0.15) is 42.9 Å².